The minimum absolute atomic E-state index is 0.218. The molecule has 0 atom stereocenters. The van der Waals surface area contributed by atoms with Crippen LogP contribution in [0.2, 0.25) is 0 Å². The van der Waals surface area contributed by atoms with E-state index in [-0.39, 0.29) is 5.91 Å². The van der Waals surface area contributed by atoms with Crippen LogP contribution >= 0.6 is 15.9 Å². The number of benzene rings is 2. The Morgan fingerprint density at radius 2 is 1.83 bits per heavy atom. The Morgan fingerprint density at radius 3 is 2.52 bits per heavy atom. The molecule has 1 amide bonds. The van der Waals surface area contributed by atoms with Crippen molar-refractivity contribution < 1.29 is 4.79 Å². The summed E-state index contributed by atoms with van der Waals surface area (Å²) in [6, 6.07) is 17.2. The highest BCUT2D eigenvalue weighted by molar-refractivity contribution is 9.10. The van der Waals surface area contributed by atoms with Crippen LogP contribution in [-0.4, -0.2) is 15.7 Å². The van der Waals surface area contributed by atoms with Crippen molar-refractivity contribution in [3.8, 4) is 5.69 Å². The van der Waals surface area contributed by atoms with E-state index in [1.165, 1.54) is 0 Å². The minimum Gasteiger partial charge on any atom is -0.321 e. The predicted molar refractivity (Wildman–Crippen MR) is 95.1 cm³/mol. The van der Waals surface area contributed by atoms with Crippen LogP contribution in [0.3, 0.4) is 0 Å². The lowest BCUT2D eigenvalue weighted by Gasteiger charge is -2.06. The van der Waals surface area contributed by atoms with Gasteiger partial charge in [0.25, 0.3) is 5.91 Å². The molecule has 0 fully saturated rings. The monoisotopic (exact) mass is 369 g/mol. The summed E-state index contributed by atoms with van der Waals surface area (Å²) < 4.78 is 2.78. The van der Waals surface area contributed by atoms with Crippen LogP contribution < -0.4 is 5.32 Å². The summed E-state index contributed by atoms with van der Waals surface area (Å²) in [6.07, 6.45) is 0. The first kappa shape index (κ1) is 15.5. The van der Waals surface area contributed by atoms with E-state index in [1.54, 1.807) is 10.7 Å². The zero-order chi connectivity index (χ0) is 16.4. The molecule has 0 unspecified atom stereocenters. The first-order valence-corrected chi connectivity index (χ1v) is 8.03. The normalized spacial score (nSPS) is 10.6. The van der Waals surface area contributed by atoms with Gasteiger partial charge in [-0.05, 0) is 55.8 Å². The van der Waals surface area contributed by atoms with Gasteiger partial charge in [-0.3, -0.25) is 4.79 Å². The van der Waals surface area contributed by atoms with Crippen molar-refractivity contribution in [1.82, 2.24) is 9.78 Å². The van der Waals surface area contributed by atoms with Crippen LogP contribution in [0.25, 0.3) is 5.69 Å². The molecule has 0 aliphatic carbocycles. The van der Waals surface area contributed by atoms with Crippen molar-refractivity contribution in [1.29, 1.82) is 0 Å². The minimum atomic E-state index is -0.218. The van der Waals surface area contributed by atoms with Gasteiger partial charge in [0.1, 0.15) is 0 Å². The number of nitrogens with zero attached hydrogens (tertiary/aromatic N) is 2. The highest BCUT2D eigenvalue weighted by Crippen LogP contribution is 2.20. The second kappa shape index (κ2) is 6.38. The standard InChI is InChI=1S/C18H16BrN3O/c1-12-10-14(8-9-16(12)19)20-18(23)17-11-13(2)22(21-17)15-6-4-3-5-7-15/h3-11H,1-2H3,(H,20,23). The van der Waals surface area contributed by atoms with Crippen molar-refractivity contribution >= 4 is 27.5 Å². The Balaban J connectivity index is 1.84. The summed E-state index contributed by atoms with van der Waals surface area (Å²) in [7, 11) is 0. The van der Waals surface area contributed by atoms with Crippen molar-refractivity contribution in [2.24, 2.45) is 0 Å². The average molecular weight is 370 g/mol. The second-order valence-corrected chi connectivity index (χ2v) is 6.19. The fourth-order valence-corrected chi connectivity index (χ4v) is 2.58. The van der Waals surface area contributed by atoms with Gasteiger partial charge in [0.05, 0.1) is 5.69 Å². The summed E-state index contributed by atoms with van der Waals surface area (Å²) in [5.74, 6) is -0.218. The largest absolute Gasteiger partial charge is 0.321 e. The number of aryl methyl sites for hydroxylation is 2. The number of hydrogen-bond acceptors (Lipinski definition) is 2. The third-order valence-corrected chi connectivity index (χ3v) is 4.43. The smallest absolute Gasteiger partial charge is 0.276 e. The first-order chi connectivity index (χ1) is 11.0. The molecule has 0 spiro atoms. The van der Waals surface area contributed by atoms with E-state index in [4.69, 9.17) is 0 Å². The summed E-state index contributed by atoms with van der Waals surface area (Å²) >= 11 is 3.45. The average Bonchev–Trinajstić information content (AvgIpc) is 2.94. The molecule has 3 rings (SSSR count). The van der Waals surface area contributed by atoms with E-state index in [0.717, 1.165) is 27.1 Å². The van der Waals surface area contributed by atoms with Gasteiger partial charge in [-0.2, -0.15) is 5.10 Å². The summed E-state index contributed by atoms with van der Waals surface area (Å²) in [5, 5.41) is 7.29. The second-order valence-electron chi connectivity index (χ2n) is 5.34. The van der Waals surface area contributed by atoms with Crippen molar-refractivity contribution in [3.05, 3.63) is 76.0 Å². The molecule has 0 aliphatic heterocycles. The SMILES string of the molecule is Cc1cc(NC(=O)c2cc(C)n(-c3ccccc3)n2)ccc1Br. The van der Waals surface area contributed by atoms with E-state index in [9.17, 15) is 4.79 Å². The molecule has 0 saturated carbocycles. The molecule has 5 heteroatoms. The van der Waals surface area contributed by atoms with Gasteiger partial charge in [0.2, 0.25) is 0 Å². The van der Waals surface area contributed by atoms with E-state index in [1.807, 2.05) is 62.4 Å². The van der Waals surface area contributed by atoms with Gasteiger partial charge in [-0.1, -0.05) is 34.1 Å². The molecule has 0 radical (unpaired) electrons. The fourth-order valence-electron chi connectivity index (χ4n) is 2.33. The van der Waals surface area contributed by atoms with Crippen molar-refractivity contribution in [3.63, 3.8) is 0 Å². The maximum atomic E-state index is 12.4. The number of halogens is 1. The number of hydrogen-bond donors (Lipinski definition) is 1. The van der Waals surface area contributed by atoms with E-state index in [0.29, 0.717) is 5.69 Å². The molecule has 0 aliphatic rings. The Labute approximate surface area is 143 Å². The number of aromatic nitrogens is 2. The lowest BCUT2D eigenvalue weighted by Crippen LogP contribution is -2.13. The first-order valence-electron chi connectivity index (χ1n) is 7.24. The number of carbonyl (C=O) groups is 1. The molecule has 1 aromatic heterocycles. The maximum absolute atomic E-state index is 12.4. The fraction of sp³-hybridized carbons (Fsp3) is 0.111. The molecule has 1 heterocycles. The van der Waals surface area contributed by atoms with E-state index in [2.05, 4.69) is 26.3 Å². The van der Waals surface area contributed by atoms with Crippen LogP contribution in [-0.2, 0) is 0 Å². The van der Waals surface area contributed by atoms with Gasteiger partial charge < -0.3 is 5.32 Å². The highest BCUT2D eigenvalue weighted by atomic mass is 79.9. The number of anilines is 1. The van der Waals surface area contributed by atoms with Crippen molar-refractivity contribution in [2.75, 3.05) is 5.32 Å². The van der Waals surface area contributed by atoms with Crippen LogP contribution in [0.5, 0.6) is 0 Å². The summed E-state index contributed by atoms with van der Waals surface area (Å²) in [4.78, 5) is 12.4. The Hall–Kier alpha value is -2.40. The molecular formula is C18H16BrN3O. The van der Waals surface area contributed by atoms with Gasteiger partial charge >= 0.3 is 0 Å². The van der Waals surface area contributed by atoms with Gasteiger partial charge in [0.15, 0.2) is 5.69 Å². The quantitative estimate of drug-likeness (QED) is 0.738. The Morgan fingerprint density at radius 1 is 1.09 bits per heavy atom. The topological polar surface area (TPSA) is 46.9 Å². The van der Waals surface area contributed by atoms with Crippen LogP contribution in [0.4, 0.5) is 5.69 Å². The number of para-hydroxylation sites is 1. The van der Waals surface area contributed by atoms with Gasteiger partial charge in [-0.15, -0.1) is 0 Å². The molecule has 0 bridgehead atoms. The highest BCUT2D eigenvalue weighted by Gasteiger charge is 2.13. The third kappa shape index (κ3) is 3.35. The number of carbonyl (C=O) groups excluding carboxylic acids is 1. The molecule has 3 aromatic rings. The molecular weight excluding hydrogens is 354 g/mol. The third-order valence-electron chi connectivity index (χ3n) is 3.54. The van der Waals surface area contributed by atoms with Crippen molar-refractivity contribution in [2.45, 2.75) is 13.8 Å². The van der Waals surface area contributed by atoms with Crippen LogP contribution in [0, 0.1) is 13.8 Å². The number of amides is 1. The summed E-state index contributed by atoms with van der Waals surface area (Å²) in [6.45, 7) is 3.91. The zero-order valence-corrected chi connectivity index (χ0v) is 14.5. The molecule has 1 N–H and O–H groups in total. The molecule has 0 saturated heterocycles. The van der Waals surface area contributed by atoms with Crippen LogP contribution in [0.15, 0.2) is 59.1 Å². The Kier molecular flexibility index (Phi) is 4.30. The zero-order valence-electron chi connectivity index (χ0n) is 12.9. The maximum Gasteiger partial charge on any atom is 0.276 e. The van der Waals surface area contributed by atoms with E-state index < -0.39 is 0 Å². The lowest BCUT2D eigenvalue weighted by atomic mass is 10.2. The van der Waals surface area contributed by atoms with Crippen LogP contribution in [0.1, 0.15) is 21.7 Å². The Bertz CT molecular complexity index is 856. The van der Waals surface area contributed by atoms with Gasteiger partial charge in [-0.25, -0.2) is 4.68 Å². The number of rotatable bonds is 3. The summed E-state index contributed by atoms with van der Waals surface area (Å²) in [5.41, 5.74) is 4.06. The van der Waals surface area contributed by atoms with E-state index >= 15 is 0 Å². The predicted octanol–water partition coefficient (Wildman–Crippen LogP) is 4.50. The lowest BCUT2D eigenvalue weighted by molar-refractivity contribution is 0.102. The van der Waals surface area contributed by atoms with Gasteiger partial charge in [0, 0.05) is 15.9 Å². The molecule has 2 aromatic carbocycles. The molecule has 116 valence electrons. The molecule has 23 heavy (non-hydrogen) atoms. The molecule has 4 nitrogen and oxygen atoms in total. The number of nitrogens with one attached hydrogen (secondary N) is 1.